The van der Waals surface area contributed by atoms with E-state index in [1.807, 2.05) is 45.8 Å². The van der Waals surface area contributed by atoms with E-state index < -0.39 is 27.3 Å². The van der Waals surface area contributed by atoms with Crippen LogP contribution in [-0.2, 0) is 15.9 Å². The number of benzene rings is 2. The van der Waals surface area contributed by atoms with Crippen molar-refractivity contribution in [1.29, 1.82) is 0 Å². The van der Waals surface area contributed by atoms with Crippen LogP contribution in [0.3, 0.4) is 0 Å². The first-order valence-electron chi connectivity index (χ1n) is 14.2. The van der Waals surface area contributed by atoms with Gasteiger partial charge < -0.3 is 14.7 Å². The van der Waals surface area contributed by atoms with Gasteiger partial charge in [0.15, 0.2) is 0 Å². The Morgan fingerprint density at radius 1 is 0.927 bits per heavy atom. The monoisotopic (exact) mass is 590 g/mol. The first kappa shape index (κ1) is 30.8. The van der Waals surface area contributed by atoms with Gasteiger partial charge in [-0.2, -0.15) is 9.78 Å². The van der Waals surface area contributed by atoms with Gasteiger partial charge in [0, 0.05) is 50.9 Å². The van der Waals surface area contributed by atoms with Gasteiger partial charge in [-0.15, -0.1) is 0 Å². The number of unbranched alkanes of at least 4 members (excludes halogenated alkanes) is 5. The quantitative estimate of drug-likeness (QED) is 0.217. The van der Waals surface area contributed by atoms with Crippen molar-refractivity contribution in [2.24, 2.45) is 0 Å². The summed E-state index contributed by atoms with van der Waals surface area (Å²) in [4.78, 5) is 15.5. The Bertz CT molecular complexity index is 1360. The van der Waals surface area contributed by atoms with E-state index in [1.54, 1.807) is 0 Å². The van der Waals surface area contributed by atoms with Gasteiger partial charge >= 0.3 is 5.56 Å². The lowest BCUT2D eigenvalue weighted by molar-refractivity contribution is 0.279. The van der Waals surface area contributed by atoms with Crippen molar-refractivity contribution in [2.45, 2.75) is 44.3 Å². The minimum Gasteiger partial charge on any atom is -0.486 e. The molecule has 0 radical (unpaired) electrons. The van der Waals surface area contributed by atoms with E-state index in [0.29, 0.717) is 44.2 Å². The maximum Gasteiger partial charge on any atom is 0.316 e. The average molecular weight is 591 g/mol. The Morgan fingerprint density at radius 3 is 2.22 bits per heavy atom. The number of thiol groups is 1. The number of aliphatic hydroxyl groups excluding tert-OH is 1. The number of nitrogens with zero attached hydrogens (tertiary/aromatic N) is 4. The molecule has 0 saturated carbocycles. The van der Waals surface area contributed by atoms with Gasteiger partial charge in [-0.1, -0.05) is 66.1 Å². The number of piperazine rings is 1. The summed E-state index contributed by atoms with van der Waals surface area (Å²) in [6.45, 7) is 2.65. The second-order valence-corrected chi connectivity index (χ2v) is 13.5. The van der Waals surface area contributed by atoms with Gasteiger partial charge in [0.25, 0.3) is 0 Å². The van der Waals surface area contributed by atoms with Crippen molar-refractivity contribution in [2.75, 3.05) is 50.5 Å². The van der Waals surface area contributed by atoms with Crippen LogP contribution < -0.4 is 15.2 Å². The van der Waals surface area contributed by atoms with Gasteiger partial charge in [-0.25, -0.2) is 13.1 Å². The predicted octanol–water partition coefficient (Wildman–Crippen LogP) is 4.11. The summed E-state index contributed by atoms with van der Waals surface area (Å²) < 4.78 is 50.4. The lowest BCUT2D eigenvalue weighted by Crippen LogP contribution is -2.51. The molecule has 224 valence electrons. The van der Waals surface area contributed by atoms with E-state index in [4.69, 9.17) is 9.84 Å². The fourth-order valence-electron chi connectivity index (χ4n) is 5.11. The fourth-order valence-corrected chi connectivity index (χ4v) is 7.23. The first-order valence-corrected chi connectivity index (χ1v) is 16.5. The molecule has 1 saturated heterocycles. The highest BCUT2D eigenvalue weighted by Gasteiger charge is 2.28. The van der Waals surface area contributed by atoms with Gasteiger partial charge in [0.1, 0.15) is 17.3 Å². The van der Waals surface area contributed by atoms with Crippen molar-refractivity contribution in [3.8, 4) is 11.4 Å². The molecule has 0 atom stereocenters. The maximum absolute atomic E-state index is 13.9. The van der Waals surface area contributed by atoms with Gasteiger partial charge in [-0.3, -0.25) is 9.00 Å². The molecule has 41 heavy (non-hydrogen) atoms. The van der Waals surface area contributed by atoms with Crippen molar-refractivity contribution in [3.63, 3.8) is 0 Å². The Labute approximate surface area is 241 Å². The molecule has 0 unspecified atom stereocenters. The summed E-state index contributed by atoms with van der Waals surface area (Å²) in [5.74, 6) is -1.04. The third-order valence-corrected chi connectivity index (χ3v) is 9.87. The van der Waals surface area contributed by atoms with E-state index in [2.05, 4.69) is 5.10 Å². The Kier molecular flexibility index (Phi) is 11.0. The molecule has 8 nitrogen and oxygen atoms in total. The molecule has 0 spiro atoms. The van der Waals surface area contributed by atoms with Crippen LogP contribution in [0.2, 0.25) is 0 Å². The zero-order chi connectivity index (χ0) is 29.2. The fraction of sp³-hybridized carbons (Fsp3) is 0.467. The number of anilines is 1. The molecule has 2 heterocycles. The summed E-state index contributed by atoms with van der Waals surface area (Å²) in [5.41, 5.74) is 0.930. The third-order valence-electron chi connectivity index (χ3n) is 7.32. The van der Waals surface area contributed by atoms with Crippen LogP contribution in [0.1, 0.15) is 44.1 Å². The highest BCUT2D eigenvalue weighted by molar-refractivity contribution is 7.99. The van der Waals surface area contributed by atoms with Crippen molar-refractivity contribution >= 4 is 15.8 Å². The van der Waals surface area contributed by atoms with E-state index in [-0.39, 0.29) is 18.0 Å². The van der Waals surface area contributed by atoms with Crippen LogP contribution in [0.5, 0.6) is 5.75 Å². The van der Waals surface area contributed by atoms with Crippen molar-refractivity contribution < 1.29 is 22.8 Å². The number of aliphatic hydroxyl groups is 1. The Morgan fingerprint density at radius 2 is 1.56 bits per heavy atom. The lowest BCUT2D eigenvalue weighted by Gasteiger charge is -2.41. The van der Waals surface area contributed by atoms with E-state index in [1.165, 1.54) is 6.20 Å². The second kappa shape index (κ2) is 14.7. The minimum absolute atomic E-state index is 0.0227. The minimum atomic E-state index is -2.61. The number of rotatable bonds is 14. The van der Waals surface area contributed by atoms with E-state index >= 15 is 0 Å². The molecule has 0 bridgehead atoms. The lowest BCUT2D eigenvalue weighted by atomic mass is 10.1. The van der Waals surface area contributed by atoms with Crippen LogP contribution in [0.4, 0.5) is 14.5 Å². The molecule has 4 rings (SSSR count). The molecular formula is C30H40F2N4O4S. The molecule has 3 aromatic rings. The molecule has 1 fully saturated rings. The van der Waals surface area contributed by atoms with E-state index in [0.717, 1.165) is 67.0 Å². The normalized spacial score (nSPS) is 14.8. The largest absolute Gasteiger partial charge is 0.486 e. The van der Waals surface area contributed by atoms with Crippen LogP contribution in [0.15, 0.2) is 59.5 Å². The van der Waals surface area contributed by atoms with Crippen LogP contribution in [-0.4, -0.2) is 69.0 Å². The summed E-state index contributed by atoms with van der Waals surface area (Å²) in [5, 5.41) is 13.2. The summed E-state index contributed by atoms with van der Waals surface area (Å²) in [7, 11) is -2.61. The average Bonchev–Trinajstić information content (AvgIpc) is 2.95. The molecule has 1 aromatic heterocycles. The summed E-state index contributed by atoms with van der Waals surface area (Å²) in [6, 6.07) is 12.6. The van der Waals surface area contributed by atoms with Gasteiger partial charge in [0.2, 0.25) is 5.75 Å². The molecule has 11 heteroatoms. The molecule has 1 N–H and O–H groups in total. The molecule has 2 aromatic carbocycles. The first-order chi connectivity index (χ1) is 19.8. The second-order valence-electron chi connectivity index (χ2n) is 10.5. The Hall–Kier alpha value is -3.15. The third kappa shape index (κ3) is 8.43. The molecule has 0 amide bonds. The molecule has 1 aliphatic rings. The Balaban J connectivity index is 1.49. The predicted molar refractivity (Wildman–Crippen MR) is 159 cm³/mol. The van der Waals surface area contributed by atoms with Gasteiger partial charge in [-0.05, 0) is 30.5 Å². The number of hydrogen-bond donors (Lipinski definition) is 2. The maximum atomic E-state index is 13.9. The van der Waals surface area contributed by atoms with Gasteiger partial charge in [0.05, 0.1) is 18.5 Å². The number of aromatic nitrogens is 2. The van der Waals surface area contributed by atoms with Crippen LogP contribution in [0.25, 0.3) is 5.69 Å². The topological polar surface area (TPSA) is 87.9 Å². The highest BCUT2D eigenvalue weighted by Crippen LogP contribution is 2.28. The molecule has 1 aliphatic heterocycles. The summed E-state index contributed by atoms with van der Waals surface area (Å²) in [6.07, 6.45) is 8.76. The van der Waals surface area contributed by atoms with E-state index in [9.17, 15) is 17.8 Å². The molecular weight excluding hydrogens is 550 g/mol. The zero-order valence-electron chi connectivity index (χ0n) is 23.6. The smallest absolute Gasteiger partial charge is 0.316 e. The zero-order valence-corrected chi connectivity index (χ0v) is 24.4. The number of ether oxygens (including phenoxy) is 1. The van der Waals surface area contributed by atoms with Crippen molar-refractivity contribution in [3.05, 3.63) is 82.3 Å². The standard InChI is InChI=1S/C30H40F2N4O4S/c1-41(39,23-24-11-7-6-8-12-24)35-15-13-34(14-16-35)28-22-33-36(27-20-25(31)19-26(32)21-27)30(38)29(28)40-18-10-5-3-2-4-9-17-37/h6-8,11-12,19-22,37,41H,2-5,9-10,13-18,23H2,1H3. The van der Waals surface area contributed by atoms with Crippen LogP contribution in [0, 0.1) is 11.6 Å². The number of halogens is 2. The molecule has 0 aliphatic carbocycles. The highest BCUT2D eigenvalue weighted by atomic mass is 32.3. The van der Waals surface area contributed by atoms with Crippen molar-refractivity contribution in [1.82, 2.24) is 14.1 Å². The number of hydrogen-bond acceptors (Lipinski definition) is 6. The SMILES string of the molecule is C[SH](=O)(Cc1ccccc1)N1CCN(c2cnn(-c3cc(F)cc(F)c3)c(=O)c2OCCCCCCCCO)CC1. The van der Waals surface area contributed by atoms with Crippen LogP contribution >= 0.6 is 0 Å². The summed E-state index contributed by atoms with van der Waals surface area (Å²) >= 11 is 0.